The van der Waals surface area contributed by atoms with E-state index in [1.54, 1.807) is 17.2 Å². The number of amides is 1. The molecule has 1 aliphatic rings. The van der Waals surface area contributed by atoms with Crippen molar-refractivity contribution in [3.05, 3.63) is 100 Å². The molecule has 1 amide bonds. The number of furan rings is 1. The highest BCUT2D eigenvalue weighted by atomic mass is 32.2. The molecule has 0 aliphatic carbocycles. The fraction of sp³-hybridized carbons (Fsp3) is 0.179. The summed E-state index contributed by atoms with van der Waals surface area (Å²) in [7, 11) is 0. The van der Waals surface area contributed by atoms with Gasteiger partial charge in [0.05, 0.1) is 23.4 Å². The van der Waals surface area contributed by atoms with Crippen LogP contribution in [0.4, 0.5) is 0 Å². The van der Waals surface area contributed by atoms with Gasteiger partial charge in [-0.15, -0.1) is 0 Å². The number of thioether (sulfide) groups is 1. The predicted octanol–water partition coefficient (Wildman–Crippen LogP) is 6.97. The van der Waals surface area contributed by atoms with Gasteiger partial charge in [-0.3, -0.25) is 9.69 Å². The maximum atomic E-state index is 13.3. The van der Waals surface area contributed by atoms with Crippen molar-refractivity contribution in [2.24, 2.45) is 0 Å². The van der Waals surface area contributed by atoms with Gasteiger partial charge in [0.15, 0.2) is 0 Å². The van der Waals surface area contributed by atoms with E-state index >= 15 is 0 Å². The summed E-state index contributed by atoms with van der Waals surface area (Å²) in [5.74, 6) is 0.968. The van der Waals surface area contributed by atoms with Crippen molar-refractivity contribution in [1.82, 2.24) is 14.7 Å². The van der Waals surface area contributed by atoms with E-state index in [0.29, 0.717) is 27.4 Å². The maximum Gasteiger partial charge on any atom is 0.266 e. The number of aromatic nitrogens is 2. The first-order valence-corrected chi connectivity index (χ1v) is 12.7. The molecule has 3 heterocycles. The second-order valence-corrected chi connectivity index (χ2v) is 10.5. The number of hydrogen-bond acceptors (Lipinski definition) is 5. The zero-order chi connectivity index (χ0) is 24.5. The van der Waals surface area contributed by atoms with E-state index in [4.69, 9.17) is 21.7 Å². The second-order valence-electron chi connectivity index (χ2n) is 8.79. The van der Waals surface area contributed by atoms with Crippen LogP contribution in [-0.4, -0.2) is 24.9 Å². The zero-order valence-corrected chi connectivity index (χ0v) is 21.4. The first-order chi connectivity index (χ1) is 16.9. The molecular formula is C28H25N3O2S2. The van der Waals surface area contributed by atoms with Gasteiger partial charge in [-0.2, -0.15) is 5.10 Å². The van der Waals surface area contributed by atoms with Gasteiger partial charge >= 0.3 is 0 Å². The molecular weight excluding hydrogens is 474 g/mol. The fourth-order valence-electron chi connectivity index (χ4n) is 4.00. The number of aryl methyl sites for hydroxylation is 1. The van der Waals surface area contributed by atoms with Crippen molar-refractivity contribution in [2.75, 3.05) is 0 Å². The normalized spacial score (nSPS) is 15.1. The van der Waals surface area contributed by atoms with Crippen molar-refractivity contribution in [2.45, 2.75) is 33.2 Å². The largest absolute Gasteiger partial charge is 0.467 e. The molecule has 0 atom stereocenters. The van der Waals surface area contributed by atoms with Crippen LogP contribution >= 0.6 is 24.0 Å². The monoisotopic (exact) mass is 499 g/mol. The van der Waals surface area contributed by atoms with Crippen molar-refractivity contribution in [1.29, 1.82) is 0 Å². The maximum absolute atomic E-state index is 13.3. The molecule has 0 N–H and O–H groups in total. The average Bonchev–Trinajstić information content (AvgIpc) is 3.57. The van der Waals surface area contributed by atoms with Crippen LogP contribution in [0.5, 0.6) is 0 Å². The van der Waals surface area contributed by atoms with Gasteiger partial charge in [0.2, 0.25) is 0 Å². The van der Waals surface area contributed by atoms with Crippen LogP contribution < -0.4 is 0 Å². The van der Waals surface area contributed by atoms with Crippen LogP contribution in [0.15, 0.2) is 82.4 Å². The molecule has 4 aromatic rings. The first kappa shape index (κ1) is 23.3. The highest BCUT2D eigenvalue weighted by Crippen LogP contribution is 2.37. The second kappa shape index (κ2) is 9.68. The van der Waals surface area contributed by atoms with Gasteiger partial charge in [0.25, 0.3) is 5.91 Å². The molecule has 0 radical (unpaired) electrons. The quantitative estimate of drug-likeness (QED) is 0.212. The molecule has 0 bridgehead atoms. The lowest BCUT2D eigenvalue weighted by Gasteiger charge is -2.12. The third-order valence-electron chi connectivity index (χ3n) is 6.00. The molecule has 2 aromatic carbocycles. The molecule has 0 spiro atoms. The third-order valence-corrected chi connectivity index (χ3v) is 7.38. The summed E-state index contributed by atoms with van der Waals surface area (Å²) in [6.45, 7) is 6.78. The number of carbonyl (C=O) groups excluding carboxylic acids is 1. The molecule has 0 unspecified atom stereocenters. The highest BCUT2D eigenvalue weighted by Gasteiger charge is 2.33. The van der Waals surface area contributed by atoms with Crippen LogP contribution in [0.1, 0.15) is 42.2 Å². The number of carbonyl (C=O) groups is 1. The Balaban J connectivity index is 1.59. The summed E-state index contributed by atoms with van der Waals surface area (Å²) >= 11 is 6.83. The van der Waals surface area contributed by atoms with Crippen LogP contribution in [0, 0.1) is 6.92 Å². The number of benzene rings is 2. The molecule has 1 fully saturated rings. The van der Waals surface area contributed by atoms with Crippen molar-refractivity contribution in [3.8, 4) is 16.9 Å². The summed E-state index contributed by atoms with van der Waals surface area (Å²) in [5, 5.41) is 4.97. The van der Waals surface area contributed by atoms with Crippen LogP contribution in [0.3, 0.4) is 0 Å². The Labute approximate surface area is 214 Å². The minimum atomic E-state index is -0.123. The van der Waals surface area contributed by atoms with Gasteiger partial charge < -0.3 is 4.42 Å². The van der Waals surface area contributed by atoms with E-state index < -0.39 is 0 Å². The Hall–Kier alpha value is -3.42. The van der Waals surface area contributed by atoms with Crippen LogP contribution in [-0.2, 0) is 11.3 Å². The van der Waals surface area contributed by atoms with Gasteiger partial charge in [-0.1, -0.05) is 68.2 Å². The Kier molecular flexibility index (Phi) is 6.45. The van der Waals surface area contributed by atoms with E-state index in [1.807, 2.05) is 53.4 Å². The predicted molar refractivity (Wildman–Crippen MR) is 145 cm³/mol. The number of nitrogens with zero attached hydrogens (tertiary/aromatic N) is 3. The lowest BCUT2D eigenvalue weighted by Crippen LogP contribution is -2.27. The SMILES string of the molecule is Cc1ccc(C(C)C)cc1-c1nn(-c2ccccc2)cc1/C=C1\SC(=S)N(Cc2ccco2)C1=O. The average molecular weight is 500 g/mol. The Morgan fingerprint density at radius 2 is 1.91 bits per heavy atom. The van der Waals surface area contributed by atoms with E-state index in [9.17, 15) is 4.79 Å². The summed E-state index contributed by atoms with van der Waals surface area (Å²) in [4.78, 5) is 15.4. The zero-order valence-electron chi connectivity index (χ0n) is 19.8. The van der Waals surface area contributed by atoms with E-state index in [0.717, 1.165) is 28.1 Å². The van der Waals surface area contributed by atoms with Gasteiger partial charge in [-0.25, -0.2) is 4.68 Å². The fourth-order valence-corrected chi connectivity index (χ4v) is 5.25. The van der Waals surface area contributed by atoms with E-state index in [-0.39, 0.29) is 5.91 Å². The summed E-state index contributed by atoms with van der Waals surface area (Å²) in [6.07, 6.45) is 5.48. The summed E-state index contributed by atoms with van der Waals surface area (Å²) < 4.78 is 7.81. The molecule has 35 heavy (non-hydrogen) atoms. The summed E-state index contributed by atoms with van der Waals surface area (Å²) in [5.41, 5.74) is 6.10. The lowest BCUT2D eigenvalue weighted by atomic mass is 9.95. The van der Waals surface area contributed by atoms with E-state index in [1.165, 1.54) is 17.3 Å². The van der Waals surface area contributed by atoms with Gasteiger partial charge in [0.1, 0.15) is 15.8 Å². The first-order valence-electron chi connectivity index (χ1n) is 11.4. The van der Waals surface area contributed by atoms with Crippen LogP contribution in [0.2, 0.25) is 0 Å². The standard InChI is InChI=1S/C28H25N3O2S2/c1-18(2)20-12-11-19(3)24(14-20)26-21(16-31(29-26)22-8-5-4-6-9-22)15-25-27(32)30(28(34)35-25)17-23-10-7-13-33-23/h4-16,18H,17H2,1-3H3/b25-15-. The highest BCUT2D eigenvalue weighted by molar-refractivity contribution is 8.26. The van der Waals surface area contributed by atoms with Gasteiger partial charge in [0, 0.05) is 17.3 Å². The number of hydrogen-bond donors (Lipinski definition) is 0. The lowest BCUT2D eigenvalue weighted by molar-refractivity contribution is -0.122. The minimum Gasteiger partial charge on any atom is -0.467 e. The Morgan fingerprint density at radius 3 is 2.63 bits per heavy atom. The number of rotatable bonds is 6. The Morgan fingerprint density at radius 1 is 1.11 bits per heavy atom. The molecule has 5 rings (SSSR count). The molecule has 7 heteroatoms. The third kappa shape index (κ3) is 4.74. The molecule has 176 valence electrons. The topological polar surface area (TPSA) is 51.3 Å². The van der Waals surface area contributed by atoms with Crippen LogP contribution in [0.25, 0.3) is 23.0 Å². The van der Waals surface area contributed by atoms with Crippen molar-refractivity contribution >= 4 is 40.3 Å². The molecule has 2 aromatic heterocycles. The molecule has 0 saturated carbocycles. The van der Waals surface area contributed by atoms with Crippen molar-refractivity contribution in [3.63, 3.8) is 0 Å². The number of thiocarbonyl (C=S) groups is 1. The molecule has 1 aliphatic heterocycles. The van der Waals surface area contributed by atoms with E-state index in [2.05, 4.69) is 39.0 Å². The smallest absolute Gasteiger partial charge is 0.266 e. The number of para-hydroxylation sites is 1. The summed E-state index contributed by atoms with van der Waals surface area (Å²) in [6, 6.07) is 20.1. The molecule has 5 nitrogen and oxygen atoms in total. The van der Waals surface area contributed by atoms with Crippen molar-refractivity contribution < 1.29 is 9.21 Å². The minimum absolute atomic E-state index is 0.123. The molecule has 1 saturated heterocycles. The Bertz CT molecular complexity index is 1420. The van der Waals surface area contributed by atoms with Gasteiger partial charge in [-0.05, 0) is 60.4 Å².